The summed E-state index contributed by atoms with van der Waals surface area (Å²) in [4.78, 5) is 19.2. The van der Waals surface area contributed by atoms with E-state index in [0.29, 0.717) is 18.0 Å². The van der Waals surface area contributed by atoms with Crippen molar-refractivity contribution in [3.63, 3.8) is 0 Å². The van der Waals surface area contributed by atoms with Crippen LogP contribution >= 0.6 is 0 Å². The summed E-state index contributed by atoms with van der Waals surface area (Å²) in [5.41, 5.74) is 3.08. The molecule has 1 fully saturated rings. The van der Waals surface area contributed by atoms with Gasteiger partial charge >= 0.3 is 0 Å². The van der Waals surface area contributed by atoms with Crippen LogP contribution in [0.15, 0.2) is 53.5 Å². The molecular weight excluding hydrogens is 388 g/mol. The monoisotopic (exact) mass is 422 g/mol. The van der Waals surface area contributed by atoms with E-state index in [2.05, 4.69) is 39.6 Å². The van der Waals surface area contributed by atoms with Crippen LogP contribution in [0, 0.1) is 0 Å². The number of guanidine groups is 1. The summed E-state index contributed by atoms with van der Waals surface area (Å²) >= 11 is 0. The van der Waals surface area contributed by atoms with Crippen molar-refractivity contribution in [2.45, 2.75) is 45.2 Å². The zero-order valence-corrected chi connectivity index (χ0v) is 19.0. The maximum Gasteiger partial charge on any atom is 0.251 e. The fraction of sp³-hybridized carbons (Fsp3) is 0.440. The first-order chi connectivity index (χ1) is 15.0. The number of carbonyl (C=O) groups is 1. The highest BCUT2D eigenvalue weighted by Gasteiger charge is 2.26. The average Bonchev–Trinajstić information content (AvgIpc) is 3.29. The van der Waals surface area contributed by atoms with Crippen molar-refractivity contribution in [1.29, 1.82) is 0 Å². The number of likely N-dealkylation sites (tertiary alicyclic amines) is 1. The summed E-state index contributed by atoms with van der Waals surface area (Å²) in [7, 11) is 3.51. The van der Waals surface area contributed by atoms with Crippen molar-refractivity contribution in [1.82, 2.24) is 15.5 Å². The Morgan fingerprint density at radius 1 is 1.26 bits per heavy atom. The molecule has 3 rings (SSSR count). The molecule has 0 aliphatic carbocycles. The molecule has 0 bridgehead atoms. The molecule has 1 amide bonds. The number of ether oxygens (including phenoxy) is 1. The molecule has 0 saturated carbocycles. The van der Waals surface area contributed by atoms with Crippen LogP contribution < -0.4 is 15.4 Å². The highest BCUT2D eigenvalue weighted by atomic mass is 16.5. The number of aliphatic imine (C=N–C) groups is 1. The standard InChI is InChI=1S/C25H34N4O2/c1-5-18(2)28-24(30)21-8-6-7-19(15-21)16-27-25(26-3)29-14-13-22(17-29)20-9-11-23(31-4)12-10-20/h6-12,15,18,22H,5,13-14,16-17H2,1-4H3,(H,26,27)(H,28,30). The van der Waals surface area contributed by atoms with Crippen LogP contribution in [-0.2, 0) is 6.54 Å². The summed E-state index contributed by atoms with van der Waals surface area (Å²) < 4.78 is 5.27. The maximum absolute atomic E-state index is 12.4. The summed E-state index contributed by atoms with van der Waals surface area (Å²) in [5, 5.41) is 6.48. The largest absolute Gasteiger partial charge is 0.497 e. The van der Waals surface area contributed by atoms with Crippen molar-refractivity contribution < 1.29 is 9.53 Å². The van der Waals surface area contributed by atoms with E-state index < -0.39 is 0 Å². The number of nitrogens with one attached hydrogen (secondary N) is 2. The van der Waals surface area contributed by atoms with Crippen molar-refractivity contribution >= 4 is 11.9 Å². The topological polar surface area (TPSA) is 66.0 Å². The normalized spacial score (nSPS) is 17.4. The second kappa shape index (κ2) is 10.8. The lowest BCUT2D eigenvalue weighted by molar-refractivity contribution is 0.0939. The SMILES string of the molecule is CCC(C)NC(=O)c1cccc(CNC(=NC)N2CCC(c3ccc(OC)cc3)C2)c1. The second-order valence-electron chi connectivity index (χ2n) is 8.09. The third kappa shape index (κ3) is 6.00. The second-order valence-corrected chi connectivity index (χ2v) is 8.09. The van der Waals surface area contributed by atoms with Gasteiger partial charge in [-0.3, -0.25) is 9.79 Å². The van der Waals surface area contributed by atoms with Gasteiger partial charge in [-0.15, -0.1) is 0 Å². The predicted molar refractivity (Wildman–Crippen MR) is 126 cm³/mol. The van der Waals surface area contributed by atoms with E-state index in [9.17, 15) is 4.79 Å². The summed E-state index contributed by atoms with van der Waals surface area (Å²) in [6, 6.07) is 16.3. The van der Waals surface area contributed by atoms with Crippen LogP contribution in [0.4, 0.5) is 0 Å². The molecule has 1 saturated heterocycles. The van der Waals surface area contributed by atoms with Crippen LogP contribution in [0.2, 0.25) is 0 Å². The zero-order chi connectivity index (χ0) is 22.2. The molecular formula is C25H34N4O2. The lowest BCUT2D eigenvalue weighted by Gasteiger charge is -2.22. The number of methoxy groups -OCH3 is 1. The van der Waals surface area contributed by atoms with E-state index in [0.717, 1.165) is 43.2 Å². The molecule has 2 unspecified atom stereocenters. The molecule has 0 radical (unpaired) electrons. The van der Waals surface area contributed by atoms with Gasteiger partial charge in [0, 0.05) is 44.2 Å². The van der Waals surface area contributed by atoms with Gasteiger partial charge in [-0.25, -0.2) is 0 Å². The molecule has 31 heavy (non-hydrogen) atoms. The van der Waals surface area contributed by atoms with Crippen molar-refractivity contribution in [2.24, 2.45) is 4.99 Å². The van der Waals surface area contributed by atoms with Gasteiger partial charge in [0.25, 0.3) is 5.91 Å². The molecule has 166 valence electrons. The number of benzene rings is 2. The maximum atomic E-state index is 12.4. The van der Waals surface area contributed by atoms with Gasteiger partial charge in [0.2, 0.25) is 0 Å². The van der Waals surface area contributed by atoms with E-state index in [1.165, 1.54) is 5.56 Å². The van der Waals surface area contributed by atoms with E-state index in [1.807, 2.05) is 50.4 Å². The Morgan fingerprint density at radius 3 is 2.71 bits per heavy atom. The minimum absolute atomic E-state index is 0.0255. The Hall–Kier alpha value is -3.02. The van der Waals surface area contributed by atoms with Gasteiger partial charge < -0.3 is 20.3 Å². The van der Waals surface area contributed by atoms with Crippen LogP contribution in [-0.4, -0.2) is 50.1 Å². The van der Waals surface area contributed by atoms with Crippen molar-refractivity contribution in [3.8, 4) is 5.75 Å². The quantitative estimate of drug-likeness (QED) is 0.526. The number of hydrogen-bond donors (Lipinski definition) is 2. The Labute approximate surface area is 185 Å². The number of rotatable bonds is 7. The van der Waals surface area contributed by atoms with E-state index in [-0.39, 0.29) is 11.9 Å². The molecule has 6 nitrogen and oxygen atoms in total. The molecule has 2 aromatic carbocycles. The summed E-state index contributed by atoms with van der Waals surface area (Å²) in [6.45, 7) is 6.61. The fourth-order valence-electron chi connectivity index (χ4n) is 3.85. The molecule has 6 heteroatoms. The smallest absolute Gasteiger partial charge is 0.251 e. The van der Waals surface area contributed by atoms with Crippen LogP contribution in [0.25, 0.3) is 0 Å². The zero-order valence-electron chi connectivity index (χ0n) is 19.0. The Balaban J connectivity index is 1.57. The van der Waals surface area contributed by atoms with Gasteiger partial charge in [0.1, 0.15) is 5.75 Å². The number of nitrogens with zero attached hydrogens (tertiary/aromatic N) is 2. The molecule has 0 aromatic heterocycles. The third-order valence-corrected chi connectivity index (χ3v) is 5.92. The van der Waals surface area contributed by atoms with E-state index in [1.54, 1.807) is 7.11 Å². The highest BCUT2D eigenvalue weighted by Crippen LogP contribution is 2.28. The van der Waals surface area contributed by atoms with Gasteiger partial charge in [-0.05, 0) is 55.2 Å². The number of carbonyl (C=O) groups excluding carboxylic acids is 1. The van der Waals surface area contributed by atoms with Gasteiger partial charge in [0.15, 0.2) is 5.96 Å². The first kappa shape index (κ1) is 22.7. The average molecular weight is 423 g/mol. The van der Waals surface area contributed by atoms with Gasteiger partial charge in [-0.1, -0.05) is 31.2 Å². The lowest BCUT2D eigenvalue weighted by atomic mass is 9.98. The van der Waals surface area contributed by atoms with Gasteiger partial charge in [-0.2, -0.15) is 0 Å². The van der Waals surface area contributed by atoms with Crippen molar-refractivity contribution in [2.75, 3.05) is 27.2 Å². The first-order valence-electron chi connectivity index (χ1n) is 11.0. The third-order valence-electron chi connectivity index (χ3n) is 5.92. The first-order valence-corrected chi connectivity index (χ1v) is 11.0. The Bertz CT molecular complexity index is 895. The predicted octanol–water partition coefficient (Wildman–Crippen LogP) is 3.79. The molecule has 1 aliphatic heterocycles. The number of amides is 1. The molecule has 1 heterocycles. The summed E-state index contributed by atoms with van der Waals surface area (Å²) in [5.74, 6) is 2.24. The Kier molecular flexibility index (Phi) is 7.93. The number of hydrogen-bond acceptors (Lipinski definition) is 3. The van der Waals surface area contributed by atoms with E-state index in [4.69, 9.17) is 4.74 Å². The lowest BCUT2D eigenvalue weighted by Crippen LogP contribution is -2.39. The van der Waals surface area contributed by atoms with Gasteiger partial charge in [0.05, 0.1) is 7.11 Å². The summed E-state index contributed by atoms with van der Waals surface area (Å²) in [6.07, 6.45) is 2.01. The molecule has 2 aromatic rings. The molecule has 0 spiro atoms. The molecule has 1 aliphatic rings. The molecule has 2 N–H and O–H groups in total. The Morgan fingerprint density at radius 2 is 2.03 bits per heavy atom. The molecule has 2 atom stereocenters. The van der Waals surface area contributed by atoms with Crippen LogP contribution in [0.5, 0.6) is 5.75 Å². The highest BCUT2D eigenvalue weighted by molar-refractivity contribution is 5.94. The van der Waals surface area contributed by atoms with Crippen molar-refractivity contribution in [3.05, 3.63) is 65.2 Å². The van der Waals surface area contributed by atoms with Crippen LogP contribution in [0.1, 0.15) is 54.1 Å². The van der Waals surface area contributed by atoms with E-state index >= 15 is 0 Å². The fourth-order valence-corrected chi connectivity index (χ4v) is 3.85. The van der Waals surface area contributed by atoms with Crippen LogP contribution in [0.3, 0.4) is 0 Å². The minimum Gasteiger partial charge on any atom is -0.497 e. The minimum atomic E-state index is -0.0255.